The van der Waals surface area contributed by atoms with Crippen molar-refractivity contribution in [3.05, 3.63) is 28.7 Å². The third-order valence-electron chi connectivity index (χ3n) is 2.04. The maximum absolute atomic E-state index is 12.0. The summed E-state index contributed by atoms with van der Waals surface area (Å²) in [5.41, 5.74) is 0. The van der Waals surface area contributed by atoms with E-state index in [1.807, 2.05) is 24.3 Å². The number of halogens is 1. The Bertz CT molecular complexity index is 343. The van der Waals surface area contributed by atoms with Crippen LogP contribution in [0.5, 0.6) is 0 Å². The Morgan fingerprint density at radius 3 is 2.73 bits per heavy atom. The molecule has 1 aromatic carbocycles. The minimum absolute atomic E-state index is 0.280. The minimum atomic E-state index is -0.936. The molecule has 1 N–H and O–H groups in total. The summed E-state index contributed by atoms with van der Waals surface area (Å²) >= 11 is 3.41. The van der Waals surface area contributed by atoms with E-state index in [0.29, 0.717) is 5.75 Å². The van der Waals surface area contributed by atoms with E-state index in [2.05, 4.69) is 35.1 Å². The molecule has 0 aliphatic carbocycles. The van der Waals surface area contributed by atoms with Crippen LogP contribution >= 0.6 is 15.9 Å². The van der Waals surface area contributed by atoms with Crippen LogP contribution in [0.3, 0.4) is 0 Å². The maximum atomic E-state index is 12.0. The van der Waals surface area contributed by atoms with Gasteiger partial charge in [-0.3, -0.25) is 4.21 Å². The largest absolute Gasteiger partial charge is 0.314 e. The lowest BCUT2D eigenvalue weighted by Gasteiger charge is -2.12. The summed E-state index contributed by atoms with van der Waals surface area (Å²) in [5, 5.41) is 3.26. The SMILES string of the molecule is CCNC(C)CS(=O)c1ccccc1Br. The van der Waals surface area contributed by atoms with Crippen LogP contribution in [0.1, 0.15) is 13.8 Å². The topological polar surface area (TPSA) is 29.1 Å². The third kappa shape index (κ3) is 4.05. The van der Waals surface area contributed by atoms with Gasteiger partial charge in [-0.15, -0.1) is 0 Å². The van der Waals surface area contributed by atoms with Gasteiger partial charge in [0.05, 0.1) is 15.7 Å². The Kier molecular flexibility index (Phi) is 5.50. The first kappa shape index (κ1) is 12.9. The second kappa shape index (κ2) is 6.40. The predicted molar refractivity (Wildman–Crippen MR) is 68.6 cm³/mol. The first-order chi connectivity index (χ1) is 7.15. The van der Waals surface area contributed by atoms with Crippen molar-refractivity contribution in [2.45, 2.75) is 24.8 Å². The Hall–Kier alpha value is -0.190. The van der Waals surface area contributed by atoms with Crippen LogP contribution < -0.4 is 5.32 Å². The first-order valence-corrected chi connectivity index (χ1v) is 7.12. The molecule has 0 fully saturated rings. The highest BCUT2D eigenvalue weighted by molar-refractivity contribution is 9.10. The standard InChI is InChI=1S/C11H16BrNOS/c1-3-13-9(2)8-15(14)11-7-5-4-6-10(11)12/h4-7,9,13H,3,8H2,1-2H3. The van der Waals surface area contributed by atoms with E-state index in [9.17, 15) is 4.21 Å². The van der Waals surface area contributed by atoms with E-state index < -0.39 is 10.8 Å². The van der Waals surface area contributed by atoms with Crippen molar-refractivity contribution in [1.29, 1.82) is 0 Å². The number of hydrogen-bond acceptors (Lipinski definition) is 2. The van der Waals surface area contributed by atoms with Crippen LogP contribution in [0.2, 0.25) is 0 Å². The van der Waals surface area contributed by atoms with Crippen molar-refractivity contribution >= 4 is 26.7 Å². The number of hydrogen-bond donors (Lipinski definition) is 1. The highest BCUT2D eigenvalue weighted by Crippen LogP contribution is 2.19. The molecule has 0 aromatic heterocycles. The second-order valence-corrected chi connectivity index (χ2v) is 5.72. The van der Waals surface area contributed by atoms with Gasteiger partial charge < -0.3 is 5.32 Å². The van der Waals surface area contributed by atoms with Crippen molar-refractivity contribution < 1.29 is 4.21 Å². The van der Waals surface area contributed by atoms with E-state index in [0.717, 1.165) is 15.9 Å². The Morgan fingerprint density at radius 2 is 2.13 bits per heavy atom. The zero-order chi connectivity index (χ0) is 11.3. The molecule has 4 heteroatoms. The van der Waals surface area contributed by atoms with Gasteiger partial charge in [0.25, 0.3) is 0 Å². The summed E-state index contributed by atoms with van der Waals surface area (Å²) in [7, 11) is -0.936. The zero-order valence-electron chi connectivity index (χ0n) is 9.00. The molecular weight excluding hydrogens is 274 g/mol. The van der Waals surface area contributed by atoms with Gasteiger partial charge in [-0.05, 0) is 41.5 Å². The van der Waals surface area contributed by atoms with Gasteiger partial charge in [-0.1, -0.05) is 19.1 Å². The fraction of sp³-hybridized carbons (Fsp3) is 0.455. The third-order valence-corrected chi connectivity index (χ3v) is 4.64. The van der Waals surface area contributed by atoms with Crippen LogP contribution in [-0.4, -0.2) is 22.5 Å². The van der Waals surface area contributed by atoms with Crippen LogP contribution in [0, 0.1) is 0 Å². The fourth-order valence-corrected chi connectivity index (χ4v) is 3.45. The molecule has 0 aliphatic rings. The smallest absolute Gasteiger partial charge is 0.0556 e. The lowest BCUT2D eigenvalue weighted by atomic mass is 10.4. The molecule has 0 spiro atoms. The van der Waals surface area contributed by atoms with Gasteiger partial charge in [0.2, 0.25) is 0 Å². The number of benzene rings is 1. The summed E-state index contributed by atoms with van der Waals surface area (Å²) < 4.78 is 12.9. The lowest BCUT2D eigenvalue weighted by Crippen LogP contribution is -2.30. The molecule has 0 bridgehead atoms. The van der Waals surface area contributed by atoms with E-state index in [1.54, 1.807) is 0 Å². The Morgan fingerprint density at radius 1 is 1.47 bits per heavy atom. The summed E-state index contributed by atoms with van der Waals surface area (Å²) in [6, 6.07) is 7.95. The lowest BCUT2D eigenvalue weighted by molar-refractivity contribution is 0.607. The predicted octanol–water partition coefficient (Wildman–Crippen LogP) is 2.55. The zero-order valence-corrected chi connectivity index (χ0v) is 11.4. The fourth-order valence-electron chi connectivity index (χ4n) is 1.35. The number of nitrogens with one attached hydrogen (secondary N) is 1. The van der Waals surface area contributed by atoms with E-state index in [1.165, 1.54) is 0 Å². The van der Waals surface area contributed by atoms with Gasteiger partial charge in [0.15, 0.2) is 0 Å². The summed E-state index contributed by atoms with van der Waals surface area (Å²) in [6.07, 6.45) is 0. The molecule has 0 saturated carbocycles. The Labute approximate surface area is 102 Å². The molecule has 2 atom stereocenters. The highest BCUT2D eigenvalue weighted by atomic mass is 79.9. The van der Waals surface area contributed by atoms with Crippen molar-refractivity contribution in [2.75, 3.05) is 12.3 Å². The second-order valence-electron chi connectivity index (χ2n) is 3.40. The molecule has 0 amide bonds. The normalized spacial score (nSPS) is 14.9. The average molecular weight is 290 g/mol. The molecular formula is C11H16BrNOS. The molecule has 1 aromatic rings. The average Bonchev–Trinajstić information content (AvgIpc) is 2.18. The van der Waals surface area contributed by atoms with E-state index >= 15 is 0 Å². The molecule has 0 aliphatic heterocycles. The highest BCUT2D eigenvalue weighted by Gasteiger charge is 2.10. The molecule has 0 radical (unpaired) electrons. The van der Waals surface area contributed by atoms with Crippen LogP contribution in [0.4, 0.5) is 0 Å². The van der Waals surface area contributed by atoms with Crippen molar-refractivity contribution in [1.82, 2.24) is 5.32 Å². The summed E-state index contributed by atoms with van der Waals surface area (Å²) in [6.45, 7) is 5.02. The van der Waals surface area contributed by atoms with E-state index in [4.69, 9.17) is 0 Å². The molecule has 0 saturated heterocycles. The summed E-state index contributed by atoms with van der Waals surface area (Å²) in [4.78, 5) is 0.877. The molecule has 15 heavy (non-hydrogen) atoms. The molecule has 84 valence electrons. The molecule has 1 rings (SSSR count). The maximum Gasteiger partial charge on any atom is 0.0556 e. The molecule has 2 nitrogen and oxygen atoms in total. The van der Waals surface area contributed by atoms with Gasteiger partial charge in [0.1, 0.15) is 0 Å². The van der Waals surface area contributed by atoms with Crippen molar-refractivity contribution in [2.24, 2.45) is 0 Å². The van der Waals surface area contributed by atoms with Crippen LogP contribution in [-0.2, 0) is 10.8 Å². The minimum Gasteiger partial charge on any atom is -0.314 e. The Balaban J connectivity index is 2.65. The van der Waals surface area contributed by atoms with Crippen molar-refractivity contribution in [3.8, 4) is 0 Å². The van der Waals surface area contributed by atoms with E-state index in [-0.39, 0.29) is 6.04 Å². The molecule has 2 unspecified atom stereocenters. The number of rotatable bonds is 5. The van der Waals surface area contributed by atoms with Gasteiger partial charge in [-0.2, -0.15) is 0 Å². The van der Waals surface area contributed by atoms with Gasteiger partial charge >= 0.3 is 0 Å². The van der Waals surface area contributed by atoms with Gasteiger partial charge in [-0.25, -0.2) is 0 Å². The van der Waals surface area contributed by atoms with Crippen LogP contribution in [0.15, 0.2) is 33.6 Å². The van der Waals surface area contributed by atoms with Gasteiger partial charge in [0, 0.05) is 16.3 Å². The summed E-state index contributed by atoms with van der Waals surface area (Å²) in [5.74, 6) is 0.649. The first-order valence-electron chi connectivity index (χ1n) is 5.01. The quantitative estimate of drug-likeness (QED) is 0.903. The molecule has 0 heterocycles. The van der Waals surface area contributed by atoms with Crippen molar-refractivity contribution in [3.63, 3.8) is 0 Å². The van der Waals surface area contributed by atoms with Crippen LogP contribution in [0.25, 0.3) is 0 Å². The monoisotopic (exact) mass is 289 g/mol.